The number of phenolic OH excluding ortho intramolecular Hbond substituents is 2. The molecule has 0 aliphatic rings. The van der Waals surface area contributed by atoms with Gasteiger partial charge in [-0.15, -0.1) is 0 Å². The van der Waals surface area contributed by atoms with Crippen molar-refractivity contribution >= 4 is 11.6 Å². The molecule has 0 saturated heterocycles. The van der Waals surface area contributed by atoms with Gasteiger partial charge in [0.05, 0.1) is 16.7 Å². The van der Waals surface area contributed by atoms with Crippen LogP contribution in [0.4, 0.5) is 4.39 Å². The van der Waals surface area contributed by atoms with E-state index in [1.165, 1.54) is 0 Å². The molecule has 0 aromatic heterocycles. The Bertz CT molecular complexity index is 333. The first-order valence-corrected chi connectivity index (χ1v) is 4.14. The highest BCUT2D eigenvalue weighted by atomic mass is 35.5. The fraction of sp³-hybridized carbons (Fsp3) is 0.250. The van der Waals surface area contributed by atoms with E-state index in [0.717, 1.165) is 6.07 Å². The lowest BCUT2D eigenvalue weighted by Crippen LogP contribution is -2.13. The Morgan fingerprint density at radius 2 is 2.07 bits per heavy atom. The van der Waals surface area contributed by atoms with Crippen molar-refractivity contribution in [3.63, 3.8) is 0 Å². The zero-order valence-electron chi connectivity index (χ0n) is 7.04. The third-order valence-electron chi connectivity index (χ3n) is 1.76. The summed E-state index contributed by atoms with van der Waals surface area (Å²) in [5.74, 6) is -2.47. The topological polar surface area (TPSA) is 86.7 Å². The van der Waals surface area contributed by atoms with Crippen molar-refractivity contribution in [2.24, 2.45) is 5.73 Å². The highest BCUT2D eigenvalue weighted by Gasteiger charge is 2.22. The maximum absolute atomic E-state index is 13.2. The van der Waals surface area contributed by atoms with E-state index in [0.29, 0.717) is 0 Å². The monoisotopic (exact) mass is 221 g/mol. The van der Waals surface area contributed by atoms with E-state index in [-0.39, 0.29) is 11.6 Å². The van der Waals surface area contributed by atoms with Crippen molar-refractivity contribution in [2.45, 2.75) is 6.10 Å². The molecule has 4 nitrogen and oxygen atoms in total. The maximum atomic E-state index is 13.2. The molecule has 1 atom stereocenters. The quantitative estimate of drug-likeness (QED) is 0.559. The number of aliphatic hydroxyl groups is 1. The van der Waals surface area contributed by atoms with Crippen molar-refractivity contribution in [3.8, 4) is 11.5 Å². The Labute approximate surface area is 84.4 Å². The summed E-state index contributed by atoms with van der Waals surface area (Å²) in [5.41, 5.74) is 4.60. The minimum Gasteiger partial charge on any atom is -0.506 e. The zero-order valence-corrected chi connectivity index (χ0v) is 7.79. The molecule has 0 radical (unpaired) electrons. The number of hydrogen-bond acceptors (Lipinski definition) is 4. The van der Waals surface area contributed by atoms with E-state index >= 15 is 0 Å². The van der Waals surface area contributed by atoms with E-state index in [1.54, 1.807) is 0 Å². The Balaban J connectivity index is 3.39. The summed E-state index contributed by atoms with van der Waals surface area (Å²) in [5, 5.41) is 27.3. The lowest BCUT2D eigenvalue weighted by molar-refractivity contribution is 0.176. The van der Waals surface area contributed by atoms with Crippen LogP contribution < -0.4 is 5.73 Å². The summed E-state index contributed by atoms with van der Waals surface area (Å²) >= 11 is 5.46. The van der Waals surface area contributed by atoms with Crippen LogP contribution in [0.5, 0.6) is 11.5 Å². The van der Waals surface area contributed by atoms with Gasteiger partial charge in [-0.2, -0.15) is 0 Å². The van der Waals surface area contributed by atoms with E-state index in [4.69, 9.17) is 22.4 Å². The fourth-order valence-electron chi connectivity index (χ4n) is 1.04. The molecule has 6 heteroatoms. The molecule has 1 unspecified atom stereocenters. The fourth-order valence-corrected chi connectivity index (χ4v) is 1.25. The van der Waals surface area contributed by atoms with Crippen molar-refractivity contribution < 1.29 is 19.7 Å². The van der Waals surface area contributed by atoms with Crippen LogP contribution in [0, 0.1) is 5.82 Å². The molecule has 0 aliphatic heterocycles. The SMILES string of the molecule is NCC(O)c1c(O)c(Cl)cc(O)c1F. The van der Waals surface area contributed by atoms with Gasteiger partial charge in [-0.05, 0) is 0 Å². The minimum atomic E-state index is -1.40. The summed E-state index contributed by atoms with van der Waals surface area (Å²) in [6, 6.07) is 0.846. The van der Waals surface area contributed by atoms with Crippen LogP contribution in [0.2, 0.25) is 5.02 Å². The van der Waals surface area contributed by atoms with Crippen LogP contribution in [-0.2, 0) is 0 Å². The largest absolute Gasteiger partial charge is 0.506 e. The van der Waals surface area contributed by atoms with Gasteiger partial charge in [0.2, 0.25) is 0 Å². The molecule has 0 amide bonds. The average molecular weight is 222 g/mol. The summed E-state index contributed by atoms with van der Waals surface area (Å²) in [6.07, 6.45) is -1.40. The Hall–Kier alpha value is -1.04. The Morgan fingerprint density at radius 1 is 1.50 bits per heavy atom. The zero-order chi connectivity index (χ0) is 10.9. The highest BCUT2D eigenvalue weighted by Crippen LogP contribution is 2.38. The molecule has 0 aliphatic carbocycles. The molecule has 14 heavy (non-hydrogen) atoms. The van der Waals surface area contributed by atoms with Gasteiger partial charge in [0, 0.05) is 12.6 Å². The van der Waals surface area contributed by atoms with Gasteiger partial charge in [-0.3, -0.25) is 0 Å². The van der Waals surface area contributed by atoms with Gasteiger partial charge in [-0.1, -0.05) is 11.6 Å². The highest BCUT2D eigenvalue weighted by molar-refractivity contribution is 6.32. The number of rotatable bonds is 2. The first kappa shape index (κ1) is 11.0. The van der Waals surface area contributed by atoms with Gasteiger partial charge < -0.3 is 21.1 Å². The van der Waals surface area contributed by atoms with Crippen LogP contribution in [-0.4, -0.2) is 21.9 Å². The molecule has 1 aromatic rings. The molecule has 0 heterocycles. The lowest BCUT2D eigenvalue weighted by Gasteiger charge is -2.13. The number of hydrogen-bond donors (Lipinski definition) is 4. The molecule has 0 fully saturated rings. The summed E-state index contributed by atoms with van der Waals surface area (Å²) in [4.78, 5) is 0. The summed E-state index contributed by atoms with van der Waals surface area (Å²) in [7, 11) is 0. The second kappa shape index (κ2) is 4.00. The molecule has 0 saturated carbocycles. The smallest absolute Gasteiger partial charge is 0.174 e. The van der Waals surface area contributed by atoms with Crippen molar-refractivity contribution in [3.05, 3.63) is 22.5 Å². The molecule has 5 N–H and O–H groups in total. The van der Waals surface area contributed by atoms with Crippen molar-refractivity contribution in [2.75, 3.05) is 6.54 Å². The third-order valence-corrected chi connectivity index (χ3v) is 2.05. The molecule has 1 rings (SSSR count). The second-order valence-electron chi connectivity index (χ2n) is 2.71. The number of aliphatic hydroxyl groups excluding tert-OH is 1. The van der Waals surface area contributed by atoms with Crippen molar-refractivity contribution in [1.29, 1.82) is 0 Å². The number of benzene rings is 1. The first-order valence-electron chi connectivity index (χ1n) is 3.77. The lowest BCUT2D eigenvalue weighted by atomic mass is 10.1. The molecular weight excluding hydrogens is 213 g/mol. The molecule has 78 valence electrons. The Kier molecular flexibility index (Phi) is 3.15. The summed E-state index contributed by atoms with van der Waals surface area (Å²) in [6.45, 7) is -0.287. The van der Waals surface area contributed by atoms with E-state index < -0.39 is 29.0 Å². The van der Waals surface area contributed by atoms with Crippen LogP contribution >= 0.6 is 11.6 Å². The average Bonchev–Trinajstić information content (AvgIpc) is 2.15. The van der Waals surface area contributed by atoms with Crippen molar-refractivity contribution in [1.82, 2.24) is 0 Å². The van der Waals surface area contributed by atoms with Crippen LogP contribution in [0.15, 0.2) is 6.07 Å². The number of halogens is 2. The predicted octanol–water partition coefficient (Wildman–Crippen LogP) is 0.882. The van der Waals surface area contributed by atoms with Gasteiger partial charge in [0.25, 0.3) is 0 Å². The first-order chi connectivity index (χ1) is 6.49. The van der Waals surface area contributed by atoms with Gasteiger partial charge in [0.15, 0.2) is 11.6 Å². The summed E-state index contributed by atoms with van der Waals surface area (Å²) < 4.78 is 13.2. The second-order valence-corrected chi connectivity index (χ2v) is 3.11. The Morgan fingerprint density at radius 3 is 2.57 bits per heavy atom. The van der Waals surface area contributed by atoms with Crippen LogP contribution in [0.1, 0.15) is 11.7 Å². The molecule has 0 bridgehead atoms. The van der Waals surface area contributed by atoms with E-state index in [1.807, 2.05) is 0 Å². The number of nitrogens with two attached hydrogens (primary N) is 1. The van der Waals surface area contributed by atoms with E-state index in [2.05, 4.69) is 0 Å². The van der Waals surface area contributed by atoms with Crippen LogP contribution in [0.25, 0.3) is 0 Å². The molecule has 0 spiro atoms. The van der Waals surface area contributed by atoms with Gasteiger partial charge in [-0.25, -0.2) is 4.39 Å². The maximum Gasteiger partial charge on any atom is 0.174 e. The molecule has 1 aromatic carbocycles. The predicted molar refractivity (Wildman–Crippen MR) is 48.8 cm³/mol. The standard InChI is InChI=1S/C8H9ClFNO3/c9-3-1-4(12)7(10)6(8(3)14)5(13)2-11/h1,5,12-14H,2,11H2. The normalized spacial score (nSPS) is 12.9. The third kappa shape index (κ3) is 1.75. The molecular formula is C8H9ClFNO3. The van der Waals surface area contributed by atoms with E-state index in [9.17, 15) is 14.6 Å². The van der Waals surface area contributed by atoms with Gasteiger partial charge in [0.1, 0.15) is 5.75 Å². The van der Waals surface area contributed by atoms with Gasteiger partial charge >= 0.3 is 0 Å². The number of aromatic hydroxyl groups is 2. The minimum absolute atomic E-state index is 0.244. The van der Waals surface area contributed by atoms with Crippen LogP contribution in [0.3, 0.4) is 0 Å². The number of phenols is 2.